The number of hydrogen-bond donors (Lipinski definition) is 1. The number of carbonyl (C=O) groups is 1. The number of carbonyl (C=O) groups excluding carboxylic acids is 1. The third-order valence-corrected chi connectivity index (χ3v) is 4.05. The topological polar surface area (TPSA) is 58.4 Å². The van der Waals surface area contributed by atoms with Crippen LogP contribution in [0.4, 0.5) is 8.78 Å². The van der Waals surface area contributed by atoms with Crippen molar-refractivity contribution in [3.05, 3.63) is 52.4 Å². The third-order valence-electron chi connectivity index (χ3n) is 4.05. The van der Waals surface area contributed by atoms with Gasteiger partial charge in [-0.05, 0) is 39.1 Å². The zero-order valence-electron chi connectivity index (χ0n) is 13.6. The SMILES string of the molecule is CN(C)Cc1noc2c1CC(NC(=O)c1cc(F)cc(F)c1)CC2. The average molecular weight is 335 g/mol. The standard InChI is InChI=1S/C17H19F2N3O2/c1-22(2)9-15-14-8-13(3-4-16(14)24-21-15)20-17(23)10-5-11(18)7-12(19)6-10/h5-7,13H,3-4,8-9H2,1-2H3,(H,20,23). The predicted molar refractivity (Wildman–Crippen MR) is 83.5 cm³/mol. The maximum Gasteiger partial charge on any atom is 0.251 e. The molecule has 1 unspecified atom stereocenters. The lowest BCUT2D eigenvalue weighted by molar-refractivity contribution is 0.0931. The van der Waals surface area contributed by atoms with E-state index in [1.165, 1.54) is 0 Å². The molecule has 1 amide bonds. The van der Waals surface area contributed by atoms with Crippen LogP contribution in [0.1, 0.15) is 33.8 Å². The Bertz CT molecular complexity index is 738. The van der Waals surface area contributed by atoms with Gasteiger partial charge in [0.2, 0.25) is 0 Å². The lowest BCUT2D eigenvalue weighted by atomic mass is 9.91. The third kappa shape index (κ3) is 3.62. The average Bonchev–Trinajstić information content (AvgIpc) is 2.88. The molecule has 5 nitrogen and oxygen atoms in total. The number of halogens is 2. The fraction of sp³-hybridized carbons (Fsp3) is 0.412. The fourth-order valence-corrected chi connectivity index (χ4v) is 2.96. The monoisotopic (exact) mass is 335 g/mol. The van der Waals surface area contributed by atoms with Crippen LogP contribution in [0.2, 0.25) is 0 Å². The molecule has 128 valence electrons. The summed E-state index contributed by atoms with van der Waals surface area (Å²) in [7, 11) is 3.89. The van der Waals surface area contributed by atoms with E-state index in [1.807, 2.05) is 19.0 Å². The molecular formula is C17H19F2N3O2. The Morgan fingerprint density at radius 3 is 2.71 bits per heavy atom. The summed E-state index contributed by atoms with van der Waals surface area (Å²) >= 11 is 0. The van der Waals surface area contributed by atoms with E-state index in [1.54, 1.807) is 0 Å². The van der Waals surface area contributed by atoms with Crippen molar-refractivity contribution in [1.82, 2.24) is 15.4 Å². The highest BCUT2D eigenvalue weighted by Gasteiger charge is 2.27. The van der Waals surface area contributed by atoms with Gasteiger partial charge in [-0.15, -0.1) is 0 Å². The van der Waals surface area contributed by atoms with Crippen LogP contribution >= 0.6 is 0 Å². The summed E-state index contributed by atoms with van der Waals surface area (Å²) in [6.45, 7) is 0.661. The van der Waals surface area contributed by atoms with E-state index in [9.17, 15) is 13.6 Å². The number of fused-ring (bicyclic) bond motifs is 1. The van der Waals surface area contributed by atoms with Gasteiger partial charge in [0.05, 0.1) is 0 Å². The van der Waals surface area contributed by atoms with Crippen LogP contribution in [0.5, 0.6) is 0 Å². The van der Waals surface area contributed by atoms with Crippen LogP contribution < -0.4 is 5.32 Å². The Morgan fingerprint density at radius 1 is 1.33 bits per heavy atom. The van der Waals surface area contributed by atoms with Crippen molar-refractivity contribution in [1.29, 1.82) is 0 Å². The van der Waals surface area contributed by atoms with Gasteiger partial charge < -0.3 is 14.7 Å². The van der Waals surface area contributed by atoms with Crippen LogP contribution in [-0.4, -0.2) is 36.1 Å². The molecule has 1 atom stereocenters. The van der Waals surface area contributed by atoms with Crippen molar-refractivity contribution in [2.24, 2.45) is 0 Å². The number of nitrogens with zero attached hydrogens (tertiary/aromatic N) is 2. The lowest BCUT2D eigenvalue weighted by Crippen LogP contribution is -2.39. The van der Waals surface area contributed by atoms with Crippen molar-refractivity contribution < 1.29 is 18.1 Å². The molecule has 0 saturated heterocycles. The molecule has 1 aromatic carbocycles. The van der Waals surface area contributed by atoms with Crippen LogP contribution in [0, 0.1) is 11.6 Å². The van der Waals surface area contributed by atoms with Crippen molar-refractivity contribution in [3.8, 4) is 0 Å². The van der Waals surface area contributed by atoms with Gasteiger partial charge in [-0.1, -0.05) is 5.16 Å². The van der Waals surface area contributed by atoms with Gasteiger partial charge in [0.25, 0.3) is 5.91 Å². The molecule has 1 aromatic heterocycles. The highest BCUT2D eigenvalue weighted by atomic mass is 19.1. The van der Waals surface area contributed by atoms with Gasteiger partial charge in [0.1, 0.15) is 23.1 Å². The first-order valence-corrected chi connectivity index (χ1v) is 7.80. The maximum absolute atomic E-state index is 13.3. The molecule has 24 heavy (non-hydrogen) atoms. The Kier molecular flexibility index (Phi) is 4.62. The summed E-state index contributed by atoms with van der Waals surface area (Å²) in [6.07, 6.45) is 1.98. The molecule has 1 heterocycles. The second kappa shape index (κ2) is 6.68. The first-order valence-electron chi connectivity index (χ1n) is 7.80. The number of aromatic nitrogens is 1. The van der Waals surface area contributed by atoms with Crippen LogP contribution in [0.15, 0.2) is 22.7 Å². The van der Waals surface area contributed by atoms with E-state index in [0.29, 0.717) is 25.8 Å². The molecule has 0 radical (unpaired) electrons. The zero-order chi connectivity index (χ0) is 17.3. The Morgan fingerprint density at radius 2 is 2.04 bits per heavy atom. The largest absolute Gasteiger partial charge is 0.361 e. The lowest BCUT2D eigenvalue weighted by Gasteiger charge is -2.23. The number of aryl methyl sites for hydroxylation is 1. The normalized spacial score (nSPS) is 17.0. The second-order valence-electron chi connectivity index (χ2n) is 6.34. The highest BCUT2D eigenvalue weighted by Crippen LogP contribution is 2.25. The van der Waals surface area contributed by atoms with E-state index >= 15 is 0 Å². The van der Waals surface area contributed by atoms with Crippen molar-refractivity contribution in [2.75, 3.05) is 14.1 Å². The molecule has 1 N–H and O–H groups in total. The number of nitrogens with one attached hydrogen (secondary N) is 1. The molecule has 0 saturated carbocycles. The number of rotatable bonds is 4. The minimum absolute atomic E-state index is 0.0165. The number of amides is 1. The summed E-state index contributed by atoms with van der Waals surface area (Å²) in [5.74, 6) is -1.15. The first-order chi connectivity index (χ1) is 11.4. The number of benzene rings is 1. The number of hydrogen-bond acceptors (Lipinski definition) is 4. The Balaban J connectivity index is 1.71. The quantitative estimate of drug-likeness (QED) is 0.931. The van der Waals surface area contributed by atoms with Gasteiger partial charge in [-0.25, -0.2) is 8.78 Å². The highest BCUT2D eigenvalue weighted by molar-refractivity contribution is 5.94. The van der Waals surface area contributed by atoms with Crippen molar-refractivity contribution >= 4 is 5.91 Å². The molecule has 0 spiro atoms. The molecule has 2 aromatic rings. The molecule has 0 aliphatic heterocycles. The molecule has 7 heteroatoms. The molecule has 1 aliphatic carbocycles. The maximum atomic E-state index is 13.3. The molecule has 0 fully saturated rings. The van der Waals surface area contributed by atoms with Gasteiger partial charge in [-0.2, -0.15) is 0 Å². The summed E-state index contributed by atoms with van der Waals surface area (Å²) in [5.41, 5.74) is 1.87. The second-order valence-corrected chi connectivity index (χ2v) is 6.34. The Labute approximate surface area is 138 Å². The van der Waals surface area contributed by atoms with Gasteiger partial charge in [0.15, 0.2) is 0 Å². The molecule has 3 rings (SSSR count). The van der Waals surface area contributed by atoms with E-state index in [4.69, 9.17) is 4.52 Å². The van der Waals surface area contributed by atoms with E-state index in [2.05, 4.69) is 10.5 Å². The van der Waals surface area contributed by atoms with Crippen molar-refractivity contribution in [2.45, 2.75) is 31.8 Å². The molecular weight excluding hydrogens is 316 g/mol. The van der Waals surface area contributed by atoms with Crippen LogP contribution in [-0.2, 0) is 19.4 Å². The summed E-state index contributed by atoms with van der Waals surface area (Å²) in [6, 6.07) is 2.69. The van der Waals surface area contributed by atoms with E-state index in [-0.39, 0.29) is 11.6 Å². The fourth-order valence-electron chi connectivity index (χ4n) is 2.96. The van der Waals surface area contributed by atoms with E-state index < -0.39 is 17.5 Å². The summed E-state index contributed by atoms with van der Waals surface area (Å²) in [5, 5.41) is 6.95. The van der Waals surface area contributed by atoms with E-state index in [0.717, 1.165) is 35.2 Å². The first kappa shape index (κ1) is 16.6. The molecule has 1 aliphatic rings. The van der Waals surface area contributed by atoms with Crippen LogP contribution in [0.3, 0.4) is 0 Å². The zero-order valence-corrected chi connectivity index (χ0v) is 13.6. The summed E-state index contributed by atoms with van der Waals surface area (Å²) in [4.78, 5) is 14.2. The summed E-state index contributed by atoms with van der Waals surface area (Å²) < 4.78 is 31.9. The molecule has 0 bridgehead atoms. The van der Waals surface area contributed by atoms with Crippen molar-refractivity contribution in [3.63, 3.8) is 0 Å². The minimum Gasteiger partial charge on any atom is -0.361 e. The van der Waals surface area contributed by atoms with Gasteiger partial charge >= 0.3 is 0 Å². The Hall–Kier alpha value is -2.28. The van der Waals surface area contributed by atoms with Gasteiger partial charge in [0, 0.05) is 36.2 Å². The van der Waals surface area contributed by atoms with Gasteiger partial charge in [-0.3, -0.25) is 4.79 Å². The van der Waals surface area contributed by atoms with Crippen LogP contribution in [0.25, 0.3) is 0 Å². The minimum atomic E-state index is -0.765. The smallest absolute Gasteiger partial charge is 0.251 e. The predicted octanol–water partition coefficient (Wildman–Crippen LogP) is 2.30.